The number of rotatable bonds is 2. The third-order valence-corrected chi connectivity index (χ3v) is 3.27. The van der Waals surface area contributed by atoms with E-state index < -0.39 is 0 Å². The first-order valence-corrected chi connectivity index (χ1v) is 6.89. The number of benzene rings is 1. The van der Waals surface area contributed by atoms with E-state index in [2.05, 4.69) is 30.7 Å². The molecule has 1 heterocycles. The van der Waals surface area contributed by atoms with E-state index >= 15 is 0 Å². The van der Waals surface area contributed by atoms with E-state index in [9.17, 15) is 0 Å². The van der Waals surface area contributed by atoms with E-state index in [1.807, 2.05) is 25.1 Å². The maximum Gasteiger partial charge on any atom is 0.136 e. The maximum atomic E-state index is 6.14. The molecular formula is C16H19ClN2O. The molecule has 3 nitrogen and oxygen atoms in total. The Morgan fingerprint density at radius 1 is 1.10 bits per heavy atom. The summed E-state index contributed by atoms with van der Waals surface area (Å²) in [5.41, 5.74) is 2.84. The molecule has 0 aliphatic carbocycles. The Kier molecular flexibility index (Phi) is 4.00. The molecule has 0 bridgehead atoms. The minimum atomic E-state index is -0.139. The number of methoxy groups -OCH3 is 1. The third kappa shape index (κ3) is 3.10. The number of hydrogen-bond donors (Lipinski definition) is 0. The van der Waals surface area contributed by atoms with Crippen molar-refractivity contribution in [2.24, 2.45) is 0 Å². The summed E-state index contributed by atoms with van der Waals surface area (Å²) in [6, 6.07) is 7.71. The molecule has 0 atom stereocenters. The molecule has 2 aromatic rings. The first kappa shape index (κ1) is 14.8. The lowest BCUT2D eigenvalue weighted by molar-refractivity contribution is 0.414. The second kappa shape index (κ2) is 5.41. The van der Waals surface area contributed by atoms with Crippen LogP contribution in [-0.2, 0) is 5.41 Å². The van der Waals surface area contributed by atoms with Crippen molar-refractivity contribution in [3.8, 4) is 17.0 Å². The molecule has 0 aliphatic heterocycles. The quantitative estimate of drug-likeness (QED) is 0.768. The van der Waals surface area contributed by atoms with Gasteiger partial charge >= 0.3 is 0 Å². The number of ether oxygens (including phenoxy) is 1. The Morgan fingerprint density at radius 3 is 2.35 bits per heavy atom. The lowest BCUT2D eigenvalue weighted by Gasteiger charge is -2.18. The zero-order valence-electron chi connectivity index (χ0n) is 12.5. The SMILES string of the molecule is COc1ccc(-c2cc(Cl)nc(C(C)(C)C)n2)c(C)c1. The van der Waals surface area contributed by atoms with Crippen LogP contribution >= 0.6 is 11.6 Å². The highest BCUT2D eigenvalue weighted by molar-refractivity contribution is 6.29. The van der Waals surface area contributed by atoms with Crippen LogP contribution in [0.15, 0.2) is 24.3 Å². The molecule has 0 spiro atoms. The second-order valence-electron chi connectivity index (χ2n) is 5.83. The molecule has 0 saturated carbocycles. The average Bonchev–Trinajstić information content (AvgIpc) is 2.36. The van der Waals surface area contributed by atoms with Crippen LogP contribution in [-0.4, -0.2) is 17.1 Å². The molecule has 20 heavy (non-hydrogen) atoms. The van der Waals surface area contributed by atoms with E-state index in [1.165, 1.54) is 0 Å². The molecule has 0 amide bonds. The van der Waals surface area contributed by atoms with Crippen molar-refractivity contribution in [1.29, 1.82) is 0 Å². The summed E-state index contributed by atoms with van der Waals surface area (Å²) in [6.45, 7) is 8.25. The van der Waals surface area contributed by atoms with Crippen molar-refractivity contribution in [2.75, 3.05) is 7.11 Å². The fraction of sp³-hybridized carbons (Fsp3) is 0.375. The number of aromatic nitrogens is 2. The van der Waals surface area contributed by atoms with Crippen LogP contribution in [0, 0.1) is 6.92 Å². The first-order valence-electron chi connectivity index (χ1n) is 6.51. The van der Waals surface area contributed by atoms with E-state index in [4.69, 9.17) is 16.3 Å². The lowest BCUT2D eigenvalue weighted by atomic mass is 9.95. The summed E-state index contributed by atoms with van der Waals surface area (Å²) in [6.07, 6.45) is 0. The second-order valence-corrected chi connectivity index (χ2v) is 6.22. The van der Waals surface area contributed by atoms with Gasteiger partial charge in [-0.25, -0.2) is 9.97 Å². The largest absolute Gasteiger partial charge is 0.497 e. The van der Waals surface area contributed by atoms with Crippen LogP contribution < -0.4 is 4.74 Å². The molecule has 0 saturated heterocycles. The summed E-state index contributed by atoms with van der Waals surface area (Å²) < 4.78 is 5.23. The third-order valence-electron chi connectivity index (χ3n) is 3.08. The Bertz CT molecular complexity index is 633. The van der Waals surface area contributed by atoms with Crippen molar-refractivity contribution in [3.05, 3.63) is 40.8 Å². The summed E-state index contributed by atoms with van der Waals surface area (Å²) in [4.78, 5) is 8.98. The molecule has 0 aliphatic rings. The zero-order valence-corrected chi connectivity index (χ0v) is 13.2. The number of hydrogen-bond acceptors (Lipinski definition) is 3. The van der Waals surface area contributed by atoms with Crippen molar-refractivity contribution >= 4 is 11.6 Å². The smallest absolute Gasteiger partial charge is 0.136 e. The summed E-state index contributed by atoms with van der Waals surface area (Å²) >= 11 is 6.14. The van der Waals surface area contributed by atoms with Gasteiger partial charge in [-0.1, -0.05) is 32.4 Å². The molecule has 106 valence electrons. The first-order chi connectivity index (χ1) is 9.31. The van der Waals surface area contributed by atoms with Crippen molar-refractivity contribution < 1.29 is 4.74 Å². The predicted octanol–water partition coefficient (Wildman–Crippen LogP) is 4.41. The van der Waals surface area contributed by atoms with Crippen molar-refractivity contribution in [1.82, 2.24) is 9.97 Å². The summed E-state index contributed by atoms with van der Waals surface area (Å²) in [5, 5.41) is 0.468. The van der Waals surface area contributed by atoms with Gasteiger partial charge in [-0.3, -0.25) is 0 Å². The predicted molar refractivity (Wildman–Crippen MR) is 82.5 cm³/mol. The van der Waals surface area contributed by atoms with Gasteiger partial charge in [0.2, 0.25) is 0 Å². The van der Waals surface area contributed by atoms with Gasteiger partial charge in [0.25, 0.3) is 0 Å². The highest BCUT2D eigenvalue weighted by Gasteiger charge is 2.19. The van der Waals surface area contributed by atoms with Gasteiger partial charge in [-0.2, -0.15) is 0 Å². The zero-order chi connectivity index (χ0) is 14.9. The van der Waals surface area contributed by atoms with Gasteiger partial charge < -0.3 is 4.74 Å². The minimum absolute atomic E-state index is 0.139. The van der Waals surface area contributed by atoms with Crippen molar-refractivity contribution in [3.63, 3.8) is 0 Å². The summed E-state index contributed by atoms with van der Waals surface area (Å²) in [5.74, 6) is 1.58. The van der Waals surface area contributed by atoms with Crippen molar-refractivity contribution in [2.45, 2.75) is 33.1 Å². The highest BCUT2D eigenvalue weighted by Crippen LogP contribution is 2.29. The molecule has 1 aromatic heterocycles. The molecule has 0 unspecified atom stereocenters. The number of halogens is 1. The van der Waals surface area contributed by atoms with Crippen LogP contribution in [0.1, 0.15) is 32.2 Å². The Hall–Kier alpha value is -1.61. The fourth-order valence-electron chi connectivity index (χ4n) is 1.94. The monoisotopic (exact) mass is 290 g/mol. The molecule has 4 heteroatoms. The van der Waals surface area contributed by atoms with Crippen LogP contribution in [0.4, 0.5) is 0 Å². The highest BCUT2D eigenvalue weighted by atomic mass is 35.5. The Labute approximate surface area is 125 Å². The molecule has 0 N–H and O–H groups in total. The minimum Gasteiger partial charge on any atom is -0.497 e. The maximum absolute atomic E-state index is 6.14. The molecule has 0 radical (unpaired) electrons. The average molecular weight is 291 g/mol. The summed E-state index contributed by atoms with van der Waals surface area (Å²) in [7, 11) is 1.66. The molecular weight excluding hydrogens is 272 g/mol. The van der Waals surface area contributed by atoms with Crippen LogP contribution in [0.2, 0.25) is 5.15 Å². The number of nitrogens with zero attached hydrogens (tertiary/aromatic N) is 2. The van der Waals surface area contributed by atoms with Gasteiger partial charge in [0, 0.05) is 17.0 Å². The Morgan fingerprint density at radius 2 is 1.80 bits per heavy atom. The molecule has 2 rings (SSSR count). The van der Waals surface area contributed by atoms with Gasteiger partial charge in [0.15, 0.2) is 0 Å². The van der Waals surface area contributed by atoms with Crippen LogP contribution in [0.25, 0.3) is 11.3 Å². The van der Waals surface area contributed by atoms with Crippen LogP contribution in [0.3, 0.4) is 0 Å². The lowest BCUT2D eigenvalue weighted by Crippen LogP contribution is -2.16. The van der Waals surface area contributed by atoms with Gasteiger partial charge in [0.1, 0.15) is 16.7 Å². The van der Waals surface area contributed by atoms with Gasteiger partial charge in [-0.15, -0.1) is 0 Å². The van der Waals surface area contributed by atoms with E-state index in [-0.39, 0.29) is 5.41 Å². The standard InChI is InChI=1S/C16H19ClN2O/c1-10-8-11(20-5)6-7-12(10)13-9-14(17)19-15(18-13)16(2,3)4/h6-9H,1-5H3. The van der Waals surface area contributed by atoms with Gasteiger partial charge in [0.05, 0.1) is 12.8 Å². The van der Waals surface area contributed by atoms with Gasteiger partial charge in [-0.05, 0) is 30.7 Å². The fourth-order valence-corrected chi connectivity index (χ4v) is 2.12. The van der Waals surface area contributed by atoms with E-state index in [0.717, 1.165) is 28.4 Å². The topological polar surface area (TPSA) is 35.0 Å². The van der Waals surface area contributed by atoms with Crippen LogP contribution in [0.5, 0.6) is 5.75 Å². The van der Waals surface area contributed by atoms with E-state index in [1.54, 1.807) is 13.2 Å². The van der Waals surface area contributed by atoms with E-state index in [0.29, 0.717) is 5.15 Å². The molecule has 0 fully saturated rings. The normalized spacial score (nSPS) is 11.5. The Balaban J connectivity index is 2.55. The number of aryl methyl sites for hydroxylation is 1. The molecule has 1 aromatic carbocycles.